The van der Waals surface area contributed by atoms with Gasteiger partial charge in [-0.3, -0.25) is 19.7 Å². The summed E-state index contributed by atoms with van der Waals surface area (Å²) >= 11 is 0. The minimum atomic E-state index is -1.41. The summed E-state index contributed by atoms with van der Waals surface area (Å²) in [5, 5.41) is 19.3. The number of ketones is 1. The van der Waals surface area contributed by atoms with Crippen molar-refractivity contribution in [1.29, 1.82) is 0 Å². The summed E-state index contributed by atoms with van der Waals surface area (Å²) in [6, 6.07) is 0.983. The largest absolute Gasteiger partial charge is 0.480 e. The first-order chi connectivity index (χ1) is 8.00. The molecule has 0 spiro atoms. The predicted octanol–water partition coefficient (Wildman–Crippen LogP) is 0.589. The number of rotatable bonds is 2. The van der Waals surface area contributed by atoms with Gasteiger partial charge in [0.1, 0.15) is 6.20 Å². The third kappa shape index (κ3) is 1.75. The number of fused-ring (bicyclic) bond motifs is 1. The fraction of sp³-hybridized carbons (Fsp3) is 0.111. The third-order valence-electron chi connectivity index (χ3n) is 2.22. The van der Waals surface area contributed by atoms with Gasteiger partial charge in [0.2, 0.25) is 0 Å². The highest BCUT2D eigenvalue weighted by Gasteiger charge is 2.32. The van der Waals surface area contributed by atoms with Gasteiger partial charge in [0.25, 0.3) is 5.69 Å². The second kappa shape index (κ2) is 3.74. The van der Waals surface area contributed by atoms with E-state index in [4.69, 9.17) is 5.11 Å². The van der Waals surface area contributed by atoms with E-state index in [-0.39, 0.29) is 17.1 Å². The van der Waals surface area contributed by atoms with Crippen molar-refractivity contribution in [1.82, 2.24) is 4.98 Å². The van der Waals surface area contributed by atoms with Crippen LogP contribution in [-0.2, 0) is 4.79 Å². The molecule has 0 aromatic carbocycles. The van der Waals surface area contributed by atoms with Gasteiger partial charge in [-0.15, -0.1) is 0 Å². The maximum atomic E-state index is 11.7. The van der Waals surface area contributed by atoms with Crippen LogP contribution in [0.1, 0.15) is 10.4 Å². The summed E-state index contributed by atoms with van der Waals surface area (Å²) in [4.78, 5) is 39.5. The summed E-state index contributed by atoms with van der Waals surface area (Å²) in [5.41, 5.74) is -0.521. The number of hydrogen-bond donors (Lipinski definition) is 1. The first-order valence-corrected chi connectivity index (χ1v) is 4.46. The second-order valence-electron chi connectivity index (χ2n) is 3.28. The molecule has 0 saturated carbocycles. The number of Topliss-reactive ketones (excluding diaryl/α,β-unsaturated/α-hetero) is 1. The van der Waals surface area contributed by atoms with Crippen LogP contribution < -0.4 is 0 Å². The number of aliphatic carboxylic acids is 1. The summed E-state index contributed by atoms with van der Waals surface area (Å²) in [5.74, 6) is -3.51. The molecule has 17 heavy (non-hydrogen) atoms. The van der Waals surface area contributed by atoms with Crippen molar-refractivity contribution in [2.45, 2.75) is 0 Å². The van der Waals surface area contributed by atoms with Crippen molar-refractivity contribution in [3.05, 3.63) is 27.9 Å². The maximum absolute atomic E-state index is 11.7. The molecule has 1 aromatic heterocycles. The van der Waals surface area contributed by atoms with E-state index >= 15 is 0 Å². The average molecular weight is 235 g/mol. The Labute approximate surface area is 93.8 Å². The fourth-order valence-electron chi connectivity index (χ4n) is 1.39. The molecule has 0 saturated heterocycles. The molecule has 8 nitrogen and oxygen atoms in total. The minimum absolute atomic E-state index is 0.00176. The number of aliphatic imine (C=N–C) groups is 1. The molecule has 1 aliphatic rings. The van der Waals surface area contributed by atoms with Gasteiger partial charge < -0.3 is 5.11 Å². The number of carboxylic acids is 1. The lowest BCUT2D eigenvalue weighted by atomic mass is 9.97. The van der Waals surface area contributed by atoms with Crippen molar-refractivity contribution in [3.63, 3.8) is 0 Å². The van der Waals surface area contributed by atoms with E-state index in [1.54, 1.807) is 0 Å². The highest BCUT2D eigenvalue weighted by atomic mass is 16.6. The van der Waals surface area contributed by atoms with E-state index in [1.807, 2.05) is 0 Å². The minimum Gasteiger partial charge on any atom is -0.480 e. The number of nitro groups is 1. The Morgan fingerprint density at radius 3 is 2.82 bits per heavy atom. The summed E-state index contributed by atoms with van der Waals surface area (Å²) in [6.45, 7) is 0. The van der Waals surface area contributed by atoms with Crippen molar-refractivity contribution < 1.29 is 19.6 Å². The Morgan fingerprint density at radius 1 is 1.53 bits per heavy atom. The lowest BCUT2D eigenvalue weighted by Gasteiger charge is -2.12. The van der Waals surface area contributed by atoms with E-state index in [0.717, 1.165) is 18.5 Å². The van der Waals surface area contributed by atoms with E-state index in [9.17, 15) is 19.7 Å². The molecule has 1 atom stereocenters. The Balaban J connectivity index is 2.52. The molecule has 1 aliphatic heterocycles. The third-order valence-corrected chi connectivity index (χ3v) is 2.22. The zero-order valence-corrected chi connectivity index (χ0v) is 8.23. The number of nitrogens with zero attached hydrogens (tertiary/aromatic N) is 3. The topological polar surface area (TPSA) is 123 Å². The molecule has 1 aromatic rings. The number of carboxylic acid groups (broad SMARTS) is 1. The lowest BCUT2D eigenvalue weighted by Crippen LogP contribution is -2.27. The zero-order valence-electron chi connectivity index (χ0n) is 8.23. The molecule has 2 heterocycles. The molecule has 86 valence electrons. The molecule has 8 heteroatoms. The van der Waals surface area contributed by atoms with Crippen LogP contribution in [0.4, 0.5) is 11.5 Å². The number of carbonyl (C=O) groups excluding carboxylic acids is 1. The molecule has 0 aliphatic carbocycles. The van der Waals surface area contributed by atoms with E-state index in [2.05, 4.69) is 9.98 Å². The van der Waals surface area contributed by atoms with Gasteiger partial charge in [0.05, 0.1) is 10.5 Å². The molecule has 0 fully saturated rings. The molecule has 1 unspecified atom stereocenters. The summed E-state index contributed by atoms with van der Waals surface area (Å²) < 4.78 is 0. The van der Waals surface area contributed by atoms with Crippen LogP contribution in [0.5, 0.6) is 0 Å². The van der Waals surface area contributed by atoms with E-state index in [0.29, 0.717) is 0 Å². The van der Waals surface area contributed by atoms with Crippen molar-refractivity contribution in [3.8, 4) is 0 Å². The Kier molecular flexibility index (Phi) is 2.39. The monoisotopic (exact) mass is 235 g/mol. The second-order valence-corrected chi connectivity index (χ2v) is 3.28. The van der Waals surface area contributed by atoms with Crippen LogP contribution in [0.25, 0.3) is 0 Å². The number of aromatic nitrogens is 1. The number of hydrogen-bond acceptors (Lipinski definition) is 6. The molecular formula is C9H5N3O5. The van der Waals surface area contributed by atoms with E-state index in [1.165, 1.54) is 0 Å². The van der Waals surface area contributed by atoms with Gasteiger partial charge in [0.15, 0.2) is 17.5 Å². The quantitative estimate of drug-likeness (QED) is 0.454. The molecule has 1 N–H and O–H groups in total. The lowest BCUT2D eigenvalue weighted by molar-refractivity contribution is -0.385. The normalized spacial score (nSPS) is 17.6. The van der Waals surface area contributed by atoms with Crippen molar-refractivity contribution >= 4 is 29.5 Å². The Hall–Kier alpha value is -2.64. The molecular weight excluding hydrogens is 230 g/mol. The van der Waals surface area contributed by atoms with Crippen LogP contribution in [0.15, 0.2) is 17.3 Å². The van der Waals surface area contributed by atoms with Crippen LogP contribution in [0.3, 0.4) is 0 Å². The molecule has 2 rings (SSSR count). The van der Waals surface area contributed by atoms with Gasteiger partial charge in [0, 0.05) is 12.3 Å². The predicted molar refractivity (Wildman–Crippen MR) is 54.5 cm³/mol. The van der Waals surface area contributed by atoms with Crippen LogP contribution in [0, 0.1) is 16.0 Å². The van der Waals surface area contributed by atoms with Gasteiger partial charge >= 0.3 is 5.97 Å². The maximum Gasteiger partial charge on any atom is 0.319 e. The molecule has 0 radical (unpaired) electrons. The first kappa shape index (κ1) is 10.9. The standard InChI is InChI=1S/C9H5N3O5/c13-7-5-1-4(12(16)17)2-10-8(5)11-3-6(7)9(14)15/h1-3,6H,(H,14,15). The average Bonchev–Trinajstić information content (AvgIpc) is 2.28. The van der Waals surface area contributed by atoms with Crippen LogP contribution in [0.2, 0.25) is 0 Å². The van der Waals surface area contributed by atoms with Gasteiger partial charge in [-0.2, -0.15) is 0 Å². The highest BCUT2D eigenvalue weighted by Crippen LogP contribution is 2.27. The highest BCUT2D eigenvalue weighted by molar-refractivity contribution is 6.21. The Morgan fingerprint density at radius 2 is 2.24 bits per heavy atom. The number of pyridine rings is 1. The Bertz CT molecular complexity index is 566. The number of carbonyl (C=O) groups is 2. The fourth-order valence-corrected chi connectivity index (χ4v) is 1.39. The van der Waals surface area contributed by atoms with Gasteiger partial charge in [-0.1, -0.05) is 0 Å². The SMILES string of the molecule is O=C(O)C1C=Nc2ncc([N+](=O)[O-])cc2C1=O. The first-order valence-electron chi connectivity index (χ1n) is 4.46. The molecule has 0 amide bonds. The van der Waals surface area contributed by atoms with Crippen molar-refractivity contribution in [2.75, 3.05) is 0 Å². The van der Waals surface area contributed by atoms with Gasteiger partial charge in [-0.05, 0) is 0 Å². The van der Waals surface area contributed by atoms with Crippen LogP contribution >= 0.6 is 0 Å². The van der Waals surface area contributed by atoms with E-state index < -0.39 is 22.6 Å². The zero-order chi connectivity index (χ0) is 12.6. The van der Waals surface area contributed by atoms with Gasteiger partial charge in [-0.25, -0.2) is 9.98 Å². The molecule has 0 bridgehead atoms. The smallest absolute Gasteiger partial charge is 0.319 e. The van der Waals surface area contributed by atoms with Crippen LogP contribution in [-0.4, -0.2) is 33.0 Å². The van der Waals surface area contributed by atoms with Crippen molar-refractivity contribution in [2.24, 2.45) is 10.9 Å². The summed E-state index contributed by atoms with van der Waals surface area (Å²) in [6.07, 6.45) is 1.93. The summed E-state index contributed by atoms with van der Waals surface area (Å²) in [7, 11) is 0.